The molecule has 0 aromatic heterocycles. The molecule has 0 aliphatic rings. The van der Waals surface area contributed by atoms with Gasteiger partial charge in [0.2, 0.25) is 5.91 Å². The third-order valence-corrected chi connectivity index (χ3v) is 5.05. The van der Waals surface area contributed by atoms with Crippen molar-refractivity contribution in [2.45, 2.75) is 96.1 Å². The van der Waals surface area contributed by atoms with Crippen LogP contribution >= 0.6 is 0 Å². The van der Waals surface area contributed by atoms with Crippen LogP contribution in [0.5, 0.6) is 0 Å². The third kappa shape index (κ3) is 10.5. The Morgan fingerprint density at radius 3 is 1.86 bits per heavy atom. The number of unbranched alkanes of at least 4 members (excludes halogenated alkanes) is 10. The molecule has 0 spiro atoms. The van der Waals surface area contributed by atoms with E-state index in [2.05, 4.69) is 12.2 Å². The molecule has 5 heteroatoms. The second kappa shape index (κ2) is 15.1. The number of benzene rings is 1. The van der Waals surface area contributed by atoms with Gasteiger partial charge in [-0.1, -0.05) is 101 Å². The Morgan fingerprint density at radius 2 is 1.36 bits per heavy atom. The molecule has 1 aromatic rings. The van der Waals surface area contributed by atoms with Crippen LogP contribution in [-0.4, -0.2) is 28.1 Å². The summed E-state index contributed by atoms with van der Waals surface area (Å²) in [5.41, 5.74) is 0.477. The lowest BCUT2D eigenvalue weighted by Crippen LogP contribution is -2.44. The molecule has 0 fully saturated rings. The highest BCUT2D eigenvalue weighted by Gasteiger charge is 2.29. The van der Waals surface area contributed by atoms with Crippen LogP contribution < -0.4 is 5.32 Å². The molecular weight excluding hydrogens is 354 g/mol. The summed E-state index contributed by atoms with van der Waals surface area (Å²) in [4.78, 5) is 23.5. The first-order chi connectivity index (χ1) is 13.6. The molecule has 28 heavy (non-hydrogen) atoms. The summed E-state index contributed by atoms with van der Waals surface area (Å²) in [6.07, 6.45) is 12.2. The molecule has 0 unspecified atom stereocenters. The molecule has 0 radical (unpaired) electrons. The maximum atomic E-state index is 12.1. The van der Waals surface area contributed by atoms with Gasteiger partial charge < -0.3 is 15.5 Å². The molecule has 0 bridgehead atoms. The number of carbonyl (C=O) groups is 2. The van der Waals surface area contributed by atoms with Gasteiger partial charge in [0.05, 0.1) is 0 Å². The van der Waals surface area contributed by atoms with Crippen molar-refractivity contribution in [1.82, 2.24) is 5.32 Å². The molecule has 1 amide bonds. The van der Waals surface area contributed by atoms with E-state index in [4.69, 9.17) is 0 Å². The maximum Gasteiger partial charge on any atom is 0.329 e. The van der Waals surface area contributed by atoms with Crippen molar-refractivity contribution in [2.24, 2.45) is 0 Å². The summed E-state index contributed by atoms with van der Waals surface area (Å²) in [6.45, 7) is 2.23. The maximum absolute atomic E-state index is 12.1. The molecule has 0 aliphatic carbocycles. The van der Waals surface area contributed by atoms with Crippen molar-refractivity contribution in [3.8, 4) is 0 Å². The third-order valence-electron chi connectivity index (χ3n) is 5.05. The van der Waals surface area contributed by atoms with Crippen molar-refractivity contribution >= 4 is 11.9 Å². The fourth-order valence-corrected chi connectivity index (χ4v) is 3.31. The predicted molar refractivity (Wildman–Crippen MR) is 112 cm³/mol. The normalized spacial score (nSPS) is 13.1. The second-order valence-corrected chi connectivity index (χ2v) is 7.52. The molecule has 3 N–H and O–H groups in total. The van der Waals surface area contributed by atoms with E-state index in [1.54, 1.807) is 30.3 Å². The van der Waals surface area contributed by atoms with Crippen LogP contribution in [0, 0.1) is 0 Å². The topological polar surface area (TPSA) is 86.6 Å². The number of aliphatic hydroxyl groups is 1. The van der Waals surface area contributed by atoms with E-state index in [0.29, 0.717) is 12.0 Å². The fraction of sp³-hybridized carbons (Fsp3) is 0.652. The van der Waals surface area contributed by atoms with Gasteiger partial charge in [-0.2, -0.15) is 0 Å². The number of nitrogens with one attached hydrogen (secondary N) is 1. The molecule has 5 nitrogen and oxygen atoms in total. The second-order valence-electron chi connectivity index (χ2n) is 7.52. The number of carbonyl (C=O) groups excluding carboxylic acids is 1. The quantitative estimate of drug-likeness (QED) is 0.346. The van der Waals surface area contributed by atoms with Crippen LogP contribution in [-0.2, 0) is 9.59 Å². The van der Waals surface area contributed by atoms with Crippen molar-refractivity contribution < 1.29 is 19.8 Å². The largest absolute Gasteiger partial charge is 0.480 e. The van der Waals surface area contributed by atoms with Gasteiger partial charge in [-0.25, -0.2) is 4.79 Å². The van der Waals surface area contributed by atoms with Crippen molar-refractivity contribution in [1.29, 1.82) is 0 Å². The smallest absolute Gasteiger partial charge is 0.329 e. The lowest BCUT2D eigenvalue weighted by Gasteiger charge is -2.20. The van der Waals surface area contributed by atoms with Gasteiger partial charge >= 0.3 is 5.97 Å². The fourth-order valence-electron chi connectivity index (χ4n) is 3.31. The Kier molecular flexibility index (Phi) is 13.0. The summed E-state index contributed by atoms with van der Waals surface area (Å²) in [5.74, 6) is -1.55. The van der Waals surface area contributed by atoms with Gasteiger partial charge in [-0.15, -0.1) is 0 Å². The Morgan fingerprint density at radius 1 is 0.857 bits per heavy atom. The number of aliphatic carboxylic acids is 1. The number of carboxylic acids is 1. The Labute approximate surface area is 169 Å². The molecule has 2 atom stereocenters. The minimum atomic E-state index is -1.33. The van der Waals surface area contributed by atoms with Gasteiger partial charge in [0.1, 0.15) is 6.10 Å². The Bertz CT molecular complexity index is 547. The average Bonchev–Trinajstić information content (AvgIpc) is 2.70. The molecular formula is C23H37NO4. The Hall–Kier alpha value is -1.88. The molecule has 0 heterocycles. The van der Waals surface area contributed by atoms with Gasteiger partial charge in [-0.3, -0.25) is 4.79 Å². The van der Waals surface area contributed by atoms with Crippen LogP contribution in [0.3, 0.4) is 0 Å². The number of carboxylic acid groups (broad SMARTS) is 1. The highest BCUT2D eigenvalue weighted by atomic mass is 16.4. The highest BCUT2D eigenvalue weighted by Crippen LogP contribution is 2.17. The number of aliphatic hydroxyl groups excluding tert-OH is 1. The first kappa shape index (κ1) is 24.2. The summed E-state index contributed by atoms with van der Waals surface area (Å²) >= 11 is 0. The molecule has 0 saturated heterocycles. The summed E-state index contributed by atoms with van der Waals surface area (Å²) in [5, 5.41) is 22.1. The first-order valence-electron chi connectivity index (χ1n) is 10.8. The number of amides is 1. The van der Waals surface area contributed by atoms with Crippen LogP contribution in [0.25, 0.3) is 0 Å². The van der Waals surface area contributed by atoms with E-state index < -0.39 is 18.1 Å². The molecule has 1 aromatic carbocycles. The van der Waals surface area contributed by atoms with Gasteiger partial charge in [0, 0.05) is 6.42 Å². The summed E-state index contributed by atoms with van der Waals surface area (Å²) < 4.78 is 0. The number of hydrogen-bond donors (Lipinski definition) is 3. The van der Waals surface area contributed by atoms with Crippen LogP contribution in [0.2, 0.25) is 0 Å². The minimum Gasteiger partial charge on any atom is -0.480 e. The monoisotopic (exact) mass is 391 g/mol. The first-order valence-corrected chi connectivity index (χ1v) is 10.8. The van der Waals surface area contributed by atoms with E-state index in [0.717, 1.165) is 19.3 Å². The zero-order chi connectivity index (χ0) is 20.6. The lowest BCUT2D eigenvalue weighted by atomic mass is 10.0. The zero-order valence-corrected chi connectivity index (χ0v) is 17.2. The van der Waals surface area contributed by atoms with Crippen molar-refractivity contribution in [2.75, 3.05) is 0 Å². The summed E-state index contributed by atoms with van der Waals surface area (Å²) in [6, 6.07) is 7.21. The van der Waals surface area contributed by atoms with E-state index in [9.17, 15) is 19.8 Å². The molecule has 1 rings (SSSR count). The van der Waals surface area contributed by atoms with E-state index >= 15 is 0 Å². The minimum absolute atomic E-state index is 0.294. The average molecular weight is 392 g/mol. The SMILES string of the molecule is CCCCCCCCCCCCCC(=O)N[C@H](C(=O)O)[C@H](O)c1ccccc1. The van der Waals surface area contributed by atoms with Gasteiger partial charge in [0.15, 0.2) is 6.04 Å². The van der Waals surface area contributed by atoms with Crippen molar-refractivity contribution in [3.05, 3.63) is 35.9 Å². The predicted octanol–water partition coefficient (Wildman–Crippen LogP) is 4.99. The molecule has 0 saturated carbocycles. The van der Waals surface area contributed by atoms with E-state index in [1.807, 2.05) is 0 Å². The van der Waals surface area contributed by atoms with Crippen molar-refractivity contribution in [3.63, 3.8) is 0 Å². The highest BCUT2D eigenvalue weighted by molar-refractivity contribution is 5.84. The van der Waals surface area contributed by atoms with Crippen LogP contribution in [0.1, 0.15) is 95.6 Å². The lowest BCUT2D eigenvalue weighted by molar-refractivity contribution is -0.145. The number of rotatable bonds is 16. The van der Waals surface area contributed by atoms with Gasteiger partial charge in [0.25, 0.3) is 0 Å². The Balaban J connectivity index is 2.16. The van der Waals surface area contributed by atoms with Crippen LogP contribution in [0.4, 0.5) is 0 Å². The number of hydrogen-bond acceptors (Lipinski definition) is 3. The zero-order valence-electron chi connectivity index (χ0n) is 17.2. The van der Waals surface area contributed by atoms with Gasteiger partial charge in [-0.05, 0) is 12.0 Å². The van der Waals surface area contributed by atoms with E-state index in [1.165, 1.54) is 51.4 Å². The molecule has 0 aliphatic heterocycles. The summed E-state index contributed by atoms with van der Waals surface area (Å²) in [7, 11) is 0. The van der Waals surface area contributed by atoms with Crippen LogP contribution in [0.15, 0.2) is 30.3 Å². The standard InChI is InChI=1S/C23H37NO4/c1-2-3-4-5-6-7-8-9-10-11-15-18-20(25)24-21(23(27)28)22(26)19-16-13-12-14-17-19/h12-14,16-17,21-22,26H,2-11,15,18H2,1H3,(H,24,25)(H,27,28)/t21-,22+/m0/s1. The van der Waals surface area contributed by atoms with E-state index in [-0.39, 0.29) is 5.91 Å². The molecule has 158 valence electrons.